The minimum Gasteiger partial charge on any atom is -0.496 e. The maximum absolute atomic E-state index is 12.6. The number of carboxylic acids is 2. The Labute approximate surface area is 187 Å². The highest BCUT2D eigenvalue weighted by Crippen LogP contribution is 2.31. The van der Waals surface area contributed by atoms with Crippen LogP contribution in [0.5, 0.6) is 5.75 Å². The summed E-state index contributed by atoms with van der Waals surface area (Å²) in [7, 11) is 1.50. The Morgan fingerprint density at radius 3 is 2.47 bits per heavy atom. The Morgan fingerprint density at radius 1 is 1.12 bits per heavy atom. The molecule has 8 nitrogen and oxygen atoms in total. The first kappa shape index (κ1) is 24.9. The van der Waals surface area contributed by atoms with Crippen molar-refractivity contribution in [3.05, 3.63) is 53.6 Å². The van der Waals surface area contributed by atoms with Gasteiger partial charge in [-0.25, -0.2) is 4.79 Å². The first-order chi connectivity index (χ1) is 15.3. The molecule has 0 saturated carbocycles. The zero-order valence-electron chi connectivity index (χ0n) is 18.6. The third-order valence-corrected chi connectivity index (χ3v) is 5.29. The highest BCUT2D eigenvalue weighted by Gasteiger charge is 2.23. The van der Waals surface area contributed by atoms with E-state index in [0.717, 1.165) is 37.6 Å². The van der Waals surface area contributed by atoms with E-state index in [-0.39, 0.29) is 11.5 Å². The predicted octanol–water partition coefficient (Wildman–Crippen LogP) is 3.37. The van der Waals surface area contributed by atoms with Crippen LogP contribution < -0.4 is 10.1 Å². The molecule has 0 aromatic heterocycles. The molecule has 0 radical (unpaired) electrons. The number of carbonyl (C=O) groups excluding carboxylic acids is 1. The largest absolute Gasteiger partial charge is 0.496 e. The zero-order valence-corrected chi connectivity index (χ0v) is 18.6. The fraction of sp³-hybridized carbons (Fsp3) is 0.375. The molecule has 0 spiro atoms. The molecule has 2 aromatic carbocycles. The van der Waals surface area contributed by atoms with E-state index in [1.165, 1.54) is 25.7 Å². The number of hydrogen-bond donors (Lipinski definition) is 3. The maximum atomic E-state index is 12.6. The molecule has 3 N–H and O–H groups in total. The van der Waals surface area contributed by atoms with Crippen molar-refractivity contribution in [1.82, 2.24) is 10.2 Å². The molecule has 1 atom stereocenters. The number of carboxylic acid groups (broad SMARTS) is 2. The lowest BCUT2D eigenvalue weighted by molar-refractivity contribution is -0.134. The average molecular weight is 443 g/mol. The molecule has 0 bridgehead atoms. The predicted molar refractivity (Wildman–Crippen MR) is 121 cm³/mol. The fourth-order valence-electron chi connectivity index (χ4n) is 3.75. The van der Waals surface area contributed by atoms with Gasteiger partial charge in [-0.3, -0.25) is 14.5 Å². The molecule has 1 unspecified atom stereocenters. The van der Waals surface area contributed by atoms with E-state index < -0.39 is 11.9 Å². The Hall–Kier alpha value is -3.39. The van der Waals surface area contributed by atoms with E-state index in [9.17, 15) is 9.59 Å². The van der Waals surface area contributed by atoms with Crippen LogP contribution >= 0.6 is 0 Å². The van der Waals surface area contributed by atoms with Crippen LogP contribution in [0.15, 0.2) is 42.5 Å². The normalized spacial score (nSPS) is 15.4. The van der Waals surface area contributed by atoms with Crippen molar-refractivity contribution in [3.8, 4) is 16.9 Å². The number of aliphatic carboxylic acids is 1. The quantitative estimate of drug-likeness (QED) is 0.602. The van der Waals surface area contributed by atoms with Crippen molar-refractivity contribution >= 4 is 17.8 Å². The number of nitrogens with one attached hydrogen (secondary N) is 1. The molecule has 1 heterocycles. The molecule has 1 aliphatic heterocycles. The van der Waals surface area contributed by atoms with Gasteiger partial charge in [0.15, 0.2) is 0 Å². The monoisotopic (exact) mass is 442 g/mol. The lowest BCUT2D eigenvalue weighted by Crippen LogP contribution is -2.40. The smallest absolute Gasteiger partial charge is 0.335 e. The van der Waals surface area contributed by atoms with Gasteiger partial charge in [0.2, 0.25) is 0 Å². The minimum absolute atomic E-state index is 0.106. The second kappa shape index (κ2) is 11.9. The highest BCUT2D eigenvalue weighted by molar-refractivity contribution is 5.96. The molecule has 1 aliphatic rings. The maximum Gasteiger partial charge on any atom is 0.335 e. The van der Waals surface area contributed by atoms with Crippen molar-refractivity contribution < 1.29 is 29.3 Å². The summed E-state index contributed by atoms with van der Waals surface area (Å²) < 4.78 is 5.36. The van der Waals surface area contributed by atoms with E-state index in [1.807, 2.05) is 12.1 Å². The van der Waals surface area contributed by atoms with Gasteiger partial charge in [-0.05, 0) is 61.8 Å². The van der Waals surface area contributed by atoms with Gasteiger partial charge in [-0.1, -0.05) is 19.1 Å². The number of benzene rings is 2. The van der Waals surface area contributed by atoms with Gasteiger partial charge in [-0.15, -0.1) is 0 Å². The van der Waals surface area contributed by atoms with Gasteiger partial charge in [0.05, 0.1) is 12.7 Å². The number of hydrogen-bond acceptors (Lipinski definition) is 5. The van der Waals surface area contributed by atoms with Crippen LogP contribution in [0.1, 0.15) is 47.4 Å². The molecule has 2 aromatic rings. The lowest BCUT2D eigenvalue weighted by atomic mass is 10.00. The number of likely N-dealkylation sites (N-methyl/N-ethyl adjacent to an activating group) is 1. The van der Waals surface area contributed by atoms with Gasteiger partial charge < -0.3 is 20.3 Å². The molecule has 8 heteroatoms. The van der Waals surface area contributed by atoms with Crippen molar-refractivity contribution in [2.24, 2.45) is 0 Å². The Balaban J connectivity index is 0.000000837. The Bertz CT molecular complexity index is 955. The third kappa shape index (κ3) is 6.81. The minimum atomic E-state index is -1.01. The molecule has 0 aliphatic carbocycles. The molecule has 1 amide bonds. The third-order valence-electron chi connectivity index (χ3n) is 5.29. The number of likely N-dealkylation sites (tertiary alicyclic amines) is 1. The average Bonchev–Trinajstić information content (AvgIpc) is 3.24. The summed E-state index contributed by atoms with van der Waals surface area (Å²) in [5, 5.41) is 19.6. The van der Waals surface area contributed by atoms with E-state index >= 15 is 0 Å². The summed E-state index contributed by atoms with van der Waals surface area (Å²) in [5.41, 5.74) is 2.28. The lowest BCUT2D eigenvalue weighted by Gasteiger charge is -2.22. The van der Waals surface area contributed by atoms with Gasteiger partial charge in [0, 0.05) is 30.6 Å². The van der Waals surface area contributed by atoms with Gasteiger partial charge >= 0.3 is 5.97 Å². The van der Waals surface area contributed by atoms with Crippen LogP contribution in [0.4, 0.5) is 0 Å². The number of aromatic carboxylic acids is 1. The second-order valence-corrected chi connectivity index (χ2v) is 7.45. The Kier molecular flexibility index (Phi) is 9.22. The first-order valence-electron chi connectivity index (χ1n) is 10.5. The molecular formula is C24H30N2O6. The molecule has 32 heavy (non-hydrogen) atoms. The van der Waals surface area contributed by atoms with Crippen LogP contribution in [0.2, 0.25) is 0 Å². The van der Waals surface area contributed by atoms with Crippen LogP contribution in [-0.2, 0) is 4.79 Å². The summed E-state index contributed by atoms with van der Waals surface area (Å²) >= 11 is 0. The number of carbonyl (C=O) groups is 3. The van der Waals surface area contributed by atoms with Crippen molar-refractivity contribution in [3.63, 3.8) is 0 Å². The summed E-state index contributed by atoms with van der Waals surface area (Å²) in [6.07, 6.45) is 2.29. The number of rotatable bonds is 7. The second-order valence-electron chi connectivity index (χ2n) is 7.45. The number of nitrogens with zero attached hydrogens (tertiary/aromatic N) is 1. The molecule has 1 saturated heterocycles. The highest BCUT2D eigenvalue weighted by atomic mass is 16.5. The van der Waals surface area contributed by atoms with Crippen LogP contribution in [-0.4, -0.2) is 65.7 Å². The molecule has 3 rings (SSSR count). The topological polar surface area (TPSA) is 116 Å². The summed E-state index contributed by atoms with van der Waals surface area (Å²) in [6.45, 7) is 5.97. The number of amides is 1. The van der Waals surface area contributed by atoms with Crippen LogP contribution in [0.3, 0.4) is 0 Å². The molecule has 1 fully saturated rings. The van der Waals surface area contributed by atoms with Crippen molar-refractivity contribution in [2.45, 2.75) is 32.7 Å². The number of methoxy groups -OCH3 is 1. The zero-order chi connectivity index (χ0) is 23.7. The fourth-order valence-corrected chi connectivity index (χ4v) is 3.75. The standard InChI is InChI=1S/C22H26N2O4.C2H4O2/c1-3-24-11-5-8-18(24)14-23-21(25)16-7-4-6-15(12-16)19-10-9-17(22(26)27)13-20(19)28-2;1-2(3)4/h4,6-7,9-10,12-13,18H,3,5,8,11,14H2,1-2H3,(H,23,25)(H,26,27);1H3,(H,3,4). The molecular weight excluding hydrogens is 412 g/mol. The van der Waals surface area contributed by atoms with E-state index in [4.69, 9.17) is 19.7 Å². The molecule has 172 valence electrons. The van der Waals surface area contributed by atoms with Crippen LogP contribution in [0, 0.1) is 0 Å². The number of ether oxygens (including phenoxy) is 1. The first-order valence-corrected chi connectivity index (χ1v) is 10.5. The Morgan fingerprint density at radius 2 is 1.84 bits per heavy atom. The van der Waals surface area contributed by atoms with Crippen molar-refractivity contribution in [2.75, 3.05) is 26.7 Å². The van der Waals surface area contributed by atoms with E-state index in [2.05, 4.69) is 17.1 Å². The summed E-state index contributed by atoms with van der Waals surface area (Å²) in [5.74, 6) is -1.49. The van der Waals surface area contributed by atoms with Gasteiger partial charge in [-0.2, -0.15) is 0 Å². The summed E-state index contributed by atoms with van der Waals surface area (Å²) in [4.78, 5) is 35.2. The van der Waals surface area contributed by atoms with Gasteiger partial charge in [0.25, 0.3) is 11.9 Å². The summed E-state index contributed by atoms with van der Waals surface area (Å²) in [6, 6.07) is 12.4. The SMILES string of the molecule is CC(=O)O.CCN1CCCC1CNC(=O)c1cccc(-c2ccc(C(=O)O)cc2OC)c1. The van der Waals surface area contributed by atoms with Crippen LogP contribution in [0.25, 0.3) is 11.1 Å². The van der Waals surface area contributed by atoms with Crippen molar-refractivity contribution in [1.29, 1.82) is 0 Å². The van der Waals surface area contributed by atoms with E-state index in [1.54, 1.807) is 18.2 Å². The van der Waals surface area contributed by atoms with Gasteiger partial charge in [0.1, 0.15) is 5.75 Å². The van der Waals surface area contributed by atoms with E-state index in [0.29, 0.717) is 23.9 Å².